The van der Waals surface area contributed by atoms with Crippen molar-refractivity contribution in [3.63, 3.8) is 0 Å². The van der Waals surface area contributed by atoms with Crippen LogP contribution in [0.2, 0.25) is 0 Å². The van der Waals surface area contributed by atoms with Crippen molar-refractivity contribution in [3.8, 4) is 0 Å². The van der Waals surface area contributed by atoms with E-state index in [9.17, 15) is 4.79 Å². The first-order valence-electron chi connectivity index (χ1n) is 7.52. The Morgan fingerprint density at radius 2 is 2.05 bits per heavy atom. The number of carbonyl (C=O) groups is 1. The molecule has 1 amide bonds. The van der Waals surface area contributed by atoms with Gasteiger partial charge in [0.2, 0.25) is 5.91 Å². The van der Waals surface area contributed by atoms with Gasteiger partial charge in [0.1, 0.15) is 15.7 Å². The number of furan rings is 1. The van der Waals surface area contributed by atoms with E-state index in [2.05, 4.69) is 5.32 Å². The van der Waals surface area contributed by atoms with Gasteiger partial charge in [-0.05, 0) is 25.5 Å². The van der Waals surface area contributed by atoms with Crippen LogP contribution in [-0.4, -0.2) is 10.2 Å². The van der Waals surface area contributed by atoms with Crippen LogP contribution in [0.15, 0.2) is 34.7 Å². The number of fused-ring (bicyclic) bond motifs is 1. The molecule has 118 valence electrons. The van der Waals surface area contributed by atoms with Gasteiger partial charge >= 0.3 is 0 Å². The van der Waals surface area contributed by atoms with Crippen molar-refractivity contribution in [2.75, 3.05) is 0 Å². The third-order valence-corrected chi connectivity index (χ3v) is 6.31. The first kappa shape index (κ1) is 15.7. The average Bonchev–Trinajstić information content (AvgIpc) is 2.80. The number of amides is 1. The average molecular weight is 340 g/mol. The first-order chi connectivity index (χ1) is 10.3. The van der Waals surface area contributed by atoms with Crippen LogP contribution in [0.25, 0.3) is 11.0 Å². The van der Waals surface area contributed by atoms with E-state index >= 15 is 0 Å². The molecule has 1 fully saturated rings. The van der Waals surface area contributed by atoms with Crippen LogP contribution in [0.3, 0.4) is 0 Å². The van der Waals surface area contributed by atoms with E-state index in [4.69, 9.17) is 27.6 Å². The highest BCUT2D eigenvalue weighted by atomic mass is 35.5. The molecular formula is C17H19Cl2NO2. The van der Waals surface area contributed by atoms with Crippen molar-refractivity contribution in [2.45, 2.75) is 37.6 Å². The van der Waals surface area contributed by atoms with Gasteiger partial charge in [0.05, 0.1) is 11.5 Å². The molecule has 22 heavy (non-hydrogen) atoms. The van der Waals surface area contributed by atoms with Crippen LogP contribution in [0.1, 0.15) is 39.0 Å². The second-order valence-electron chi connectivity index (χ2n) is 6.05. The van der Waals surface area contributed by atoms with Gasteiger partial charge in [-0.25, -0.2) is 0 Å². The monoisotopic (exact) mass is 339 g/mol. The Bertz CT molecular complexity index is 691. The molecule has 1 aliphatic rings. The molecule has 1 aromatic carbocycles. The minimum Gasteiger partial charge on any atom is -0.459 e. The topological polar surface area (TPSA) is 42.2 Å². The minimum atomic E-state index is -0.987. The van der Waals surface area contributed by atoms with Gasteiger partial charge in [-0.1, -0.05) is 32.0 Å². The Morgan fingerprint density at radius 1 is 1.41 bits per heavy atom. The van der Waals surface area contributed by atoms with Crippen LogP contribution >= 0.6 is 23.2 Å². The van der Waals surface area contributed by atoms with Gasteiger partial charge in [-0.2, -0.15) is 0 Å². The Labute approximate surface area is 140 Å². The molecule has 0 spiro atoms. The second-order valence-corrected chi connectivity index (χ2v) is 7.44. The number of benzene rings is 1. The summed E-state index contributed by atoms with van der Waals surface area (Å²) in [5.41, 5.74) is 0.101. The number of rotatable bonds is 4. The normalized spacial score (nSPS) is 27.6. The molecule has 0 radical (unpaired) electrons. The van der Waals surface area contributed by atoms with E-state index in [-0.39, 0.29) is 17.9 Å². The van der Waals surface area contributed by atoms with E-state index in [0.717, 1.165) is 16.7 Å². The molecule has 3 nitrogen and oxygen atoms in total. The maximum absolute atomic E-state index is 12.7. The van der Waals surface area contributed by atoms with Crippen molar-refractivity contribution in [1.82, 2.24) is 5.32 Å². The summed E-state index contributed by atoms with van der Waals surface area (Å²) in [7, 11) is 0. The van der Waals surface area contributed by atoms with Gasteiger partial charge < -0.3 is 9.73 Å². The van der Waals surface area contributed by atoms with Crippen molar-refractivity contribution >= 4 is 40.1 Å². The quantitative estimate of drug-likeness (QED) is 0.810. The second kappa shape index (κ2) is 5.17. The van der Waals surface area contributed by atoms with Crippen LogP contribution in [0.4, 0.5) is 0 Å². The molecule has 3 atom stereocenters. The van der Waals surface area contributed by atoms with E-state index < -0.39 is 9.75 Å². The van der Waals surface area contributed by atoms with Crippen molar-refractivity contribution < 1.29 is 9.21 Å². The lowest BCUT2D eigenvalue weighted by Crippen LogP contribution is -2.36. The molecule has 3 unspecified atom stereocenters. The van der Waals surface area contributed by atoms with E-state index in [1.807, 2.05) is 51.1 Å². The molecule has 1 saturated carbocycles. The molecule has 3 rings (SSSR count). The van der Waals surface area contributed by atoms with Gasteiger partial charge in [0, 0.05) is 11.3 Å². The first-order valence-corrected chi connectivity index (χ1v) is 8.27. The smallest absolute Gasteiger partial charge is 0.230 e. The van der Waals surface area contributed by atoms with Crippen LogP contribution in [-0.2, 0) is 4.79 Å². The summed E-state index contributed by atoms with van der Waals surface area (Å²) >= 11 is 12.6. The molecule has 5 heteroatoms. The van der Waals surface area contributed by atoms with Crippen LogP contribution < -0.4 is 5.32 Å². The maximum Gasteiger partial charge on any atom is 0.230 e. The number of hydrogen-bond acceptors (Lipinski definition) is 2. The fraction of sp³-hybridized carbons (Fsp3) is 0.471. The number of alkyl halides is 2. The Morgan fingerprint density at radius 3 is 2.59 bits per heavy atom. The fourth-order valence-corrected chi connectivity index (χ4v) is 4.33. The number of hydrogen-bond donors (Lipinski definition) is 1. The molecule has 1 aliphatic carbocycles. The van der Waals surface area contributed by atoms with Gasteiger partial charge in [0.15, 0.2) is 0 Å². The van der Waals surface area contributed by atoms with Crippen LogP contribution in [0.5, 0.6) is 0 Å². The Kier molecular flexibility index (Phi) is 3.69. The molecule has 2 aromatic rings. The molecule has 0 saturated heterocycles. The molecule has 1 heterocycles. The molecular weight excluding hydrogens is 321 g/mol. The van der Waals surface area contributed by atoms with Gasteiger partial charge in [-0.3, -0.25) is 4.79 Å². The minimum absolute atomic E-state index is 0.0591. The molecule has 1 aromatic heterocycles. The Hall–Kier alpha value is -1.19. The zero-order valence-corrected chi connectivity index (χ0v) is 14.3. The summed E-state index contributed by atoms with van der Waals surface area (Å²) in [4.78, 5) is 12.7. The van der Waals surface area contributed by atoms with Crippen molar-refractivity contribution in [2.24, 2.45) is 11.3 Å². The third-order valence-electron chi connectivity index (χ3n) is 4.98. The summed E-state index contributed by atoms with van der Waals surface area (Å²) in [6, 6.07) is 9.48. The van der Waals surface area contributed by atoms with E-state index in [0.29, 0.717) is 6.42 Å². The molecule has 0 aliphatic heterocycles. The SMILES string of the molecule is CCC1(C(=O)NC(C)c2cc3ccccc3o2)C(C)C1(Cl)Cl. The van der Waals surface area contributed by atoms with Crippen LogP contribution in [0, 0.1) is 11.3 Å². The largest absolute Gasteiger partial charge is 0.459 e. The number of para-hydroxylation sites is 1. The molecule has 0 bridgehead atoms. The van der Waals surface area contributed by atoms with Crippen molar-refractivity contribution in [3.05, 3.63) is 36.1 Å². The number of carbonyl (C=O) groups excluding carboxylic acids is 1. The standard InChI is InChI=1S/C17H19Cl2NO2/c1-4-16(11(3)17(16,18)19)15(21)20-10(2)14-9-12-7-5-6-8-13(12)22-14/h5-11H,4H2,1-3H3,(H,20,21). The lowest BCUT2D eigenvalue weighted by atomic mass is 9.99. The van der Waals surface area contributed by atoms with E-state index in [1.165, 1.54) is 0 Å². The summed E-state index contributed by atoms with van der Waals surface area (Å²) < 4.78 is 4.81. The highest BCUT2D eigenvalue weighted by Gasteiger charge is 2.76. The summed E-state index contributed by atoms with van der Waals surface area (Å²) in [6.45, 7) is 5.75. The van der Waals surface area contributed by atoms with Gasteiger partial charge in [0.25, 0.3) is 0 Å². The summed E-state index contributed by atoms with van der Waals surface area (Å²) in [6.07, 6.45) is 0.611. The predicted molar refractivity (Wildman–Crippen MR) is 89.1 cm³/mol. The van der Waals surface area contributed by atoms with Crippen molar-refractivity contribution in [1.29, 1.82) is 0 Å². The fourth-order valence-electron chi connectivity index (χ4n) is 3.30. The zero-order valence-electron chi connectivity index (χ0n) is 12.8. The highest BCUT2D eigenvalue weighted by Crippen LogP contribution is 2.70. The molecule has 1 N–H and O–H groups in total. The third kappa shape index (κ3) is 2.06. The number of nitrogens with one attached hydrogen (secondary N) is 1. The Balaban J connectivity index is 1.79. The number of halogens is 2. The maximum atomic E-state index is 12.7. The lowest BCUT2D eigenvalue weighted by Gasteiger charge is -2.19. The van der Waals surface area contributed by atoms with E-state index in [1.54, 1.807) is 0 Å². The summed E-state index contributed by atoms with van der Waals surface area (Å²) in [5, 5.41) is 4.02. The lowest BCUT2D eigenvalue weighted by molar-refractivity contribution is -0.127. The zero-order chi connectivity index (χ0) is 16.1. The highest BCUT2D eigenvalue weighted by molar-refractivity contribution is 6.53. The van der Waals surface area contributed by atoms with Gasteiger partial charge in [-0.15, -0.1) is 23.2 Å². The predicted octanol–water partition coefficient (Wildman–Crippen LogP) is 4.83. The summed E-state index contributed by atoms with van der Waals surface area (Å²) in [5.74, 6) is 0.556.